The van der Waals surface area contributed by atoms with E-state index in [2.05, 4.69) is 93.6 Å². The Balaban J connectivity index is 0.752. The Bertz CT molecular complexity index is 2490. The lowest BCUT2D eigenvalue weighted by Gasteiger charge is -2.29. The highest BCUT2D eigenvalue weighted by molar-refractivity contribution is 5.88. The van der Waals surface area contributed by atoms with Crippen molar-refractivity contribution < 1.29 is 42.8 Å². The predicted molar refractivity (Wildman–Crippen MR) is 428 cm³/mol. The second-order valence-electron chi connectivity index (χ2n) is 31.3. The zero-order valence-electron chi connectivity index (χ0n) is 65.2. The first-order valence-electron chi connectivity index (χ1n) is 42.9. The molecule has 3 aliphatic carbocycles. The maximum atomic E-state index is 12.5. The monoisotopic (exact) mass is 1410 g/mol. The van der Waals surface area contributed by atoms with Crippen molar-refractivity contribution in [1.29, 1.82) is 0 Å². The summed E-state index contributed by atoms with van der Waals surface area (Å²) in [6.45, 7) is 11.7. The van der Waals surface area contributed by atoms with Gasteiger partial charge in [0.05, 0.1) is 33.0 Å². The lowest BCUT2D eigenvalue weighted by molar-refractivity contribution is -0.138. The molecule has 0 aliphatic heterocycles. The van der Waals surface area contributed by atoms with Crippen molar-refractivity contribution in [2.24, 2.45) is 17.8 Å². The van der Waals surface area contributed by atoms with Crippen LogP contribution in [0.4, 0.5) is 0 Å². The van der Waals surface area contributed by atoms with Gasteiger partial charge < -0.3 is 28.4 Å². The molecule has 0 heterocycles. The first kappa shape index (κ1) is 86.1. The first-order valence-corrected chi connectivity index (χ1v) is 42.9. The molecule has 3 aliphatic rings. The molecule has 6 rings (SSSR count). The molecule has 0 bridgehead atoms. The minimum Gasteiger partial charge on any atom is -0.463 e. The normalized spacial score (nSPS) is 19.1. The van der Waals surface area contributed by atoms with Crippen LogP contribution >= 0.6 is 0 Å². The molecule has 3 aromatic rings. The van der Waals surface area contributed by atoms with Gasteiger partial charge in [-0.3, -0.25) is 0 Å². The molecule has 0 spiro atoms. The number of unbranched alkanes of at least 4 members (excludes halogenated alkanes) is 27. The van der Waals surface area contributed by atoms with Gasteiger partial charge in [-0.25, -0.2) is 14.4 Å². The summed E-state index contributed by atoms with van der Waals surface area (Å²) in [7, 11) is 0. The summed E-state index contributed by atoms with van der Waals surface area (Å²) in [5.74, 6) is 4.04. The van der Waals surface area contributed by atoms with E-state index in [4.69, 9.17) is 28.4 Å². The van der Waals surface area contributed by atoms with Gasteiger partial charge in [-0.05, 0) is 203 Å². The van der Waals surface area contributed by atoms with Crippen LogP contribution < -0.4 is 0 Å². The largest absolute Gasteiger partial charge is 0.463 e. The van der Waals surface area contributed by atoms with E-state index in [-0.39, 0.29) is 24.0 Å². The molecule has 0 unspecified atom stereocenters. The van der Waals surface area contributed by atoms with Crippen molar-refractivity contribution in [2.45, 2.75) is 353 Å². The Labute approximate surface area is 623 Å². The smallest absolute Gasteiger partial charge is 0.330 e. The number of esters is 3. The molecule has 0 saturated heterocycles. The molecule has 9 nitrogen and oxygen atoms in total. The van der Waals surface area contributed by atoms with Gasteiger partial charge in [-0.1, -0.05) is 286 Å². The summed E-state index contributed by atoms with van der Waals surface area (Å²) in [6, 6.07) is 26.5. The Morgan fingerprint density at radius 2 is 0.549 bits per heavy atom. The highest BCUT2D eigenvalue weighted by Crippen LogP contribution is 2.41. The third-order valence-corrected chi connectivity index (χ3v) is 22.7. The summed E-state index contributed by atoms with van der Waals surface area (Å²) >= 11 is 0. The van der Waals surface area contributed by atoms with Gasteiger partial charge >= 0.3 is 17.9 Å². The lowest BCUT2D eigenvalue weighted by Crippen LogP contribution is -2.26. The SMILES string of the molecule is CCCCCC1CCC(c2ccc(C=CC(=O)OCCCCCCCCCCOCC(COCCCCCCCCCCOC(=O)C=Cc3ccc(C4CCC(CCCCC)CC4)cc3)OCCCCCCCCCCOC(=O)C=Cc3ccc(C4CCC(CCCCC)CC4)cc3)cc2)CC1. The first-order chi connectivity index (χ1) is 50.3. The van der Waals surface area contributed by atoms with E-state index in [0.717, 1.165) is 125 Å². The fourth-order valence-corrected chi connectivity index (χ4v) is 16.0. The molecule has 0 radical (unpaired) electrons. The van der Waals surface area contributed by atoms with Gasteiger partial charge in [0.25, 0.3) is 0 Å². The average Bonchev–Trinajstić information content (AvgIpc) is 0.870. The third kappa shape index (κ3) is 40.6. The Morgan fingerprint density at radius 3 is 0.814 bits per heavy atom. The van der Waals surface area contributed by atoms with Gasteiger partial charge in [0.15, 0.2) is 0 Å². The standard InChI is InChI=1S/C93H146O9/c1-4-7-28-37-78-40-55-84(56-41-78)87-61-46-81(47-62-87)52-67-91(94)100-73-34-25-19-12-10-16-22-31-70-97-76-90(99-72-33-24-18-14-15-21-27-36-75-102-93(96)69-54-83-50-65-89(66-51-83)86-59-44-80(45-60-86)39-30-9-6-3)77-98-71-32-23-17-11-13-20-26-35-74-101-92(95)68-53-82-48-63-88(64-49-82)85-57-42-79(43-58-85)38-29-8-5-2/h46-54,61-69,78-80,84-86,90H,4-45,55-60,70-77H2,1-3H3. The molecule has 0 aromatic heterocycles. The molecule has 3 aromatic carbocycles. The second-order valence-corrected chi connectivity index (χ2v) is 31.3. The number of carbonyl (C=O) groups is 3. The fourth-order valence-electron chi connectivity index (χ4n) is 16.0. The predicted octanol–water partition coefficient (Wildman–Crippen LogP) is 26.1. The quantitative estimate of drug-likeness (QED) is 0.0236. The highest BCUT2D eigenvalue weighted by atomic mass is 16.6. The summed E-state index contributed by atoms with van der Waals surface area (Å²) in [6.07, 6.45) is 69.8. The summed E-state index contributed by atoms with van der Waals surface area (Å²) in [4.78, 5) is 37.4. The minimum atomic E-state index is -0.254. The molecule has 102 heavy (non-hydrogen) atoms. The van der Waals surface area contributed by atoms with E-state index < -0.39 is 0 Å². The van der Waals surface area contributed by atoms with Crippen LogP contribution in [0.5, 0.6) is 0 Å². The molecular weight excluding hydrogens is 1260 g/mol. The van der Waals surface area contributed by atoms with Crippen molar-refractivity contribution in [3.05, 3.63) is 124 Å². The highest BCUT2D eigenvalue weighted by Gasteiger charge is 2.25. The van der Waals surface area contributed by atoms with Gasteiger partial charge in [0, 0.05) is 38.0 Å². The van der Waals surface area contributed by atoms with Crippen LogP contribution in [0.1, 0.15) is 380 Å². The Kier molecular flexibility index (Phi) is 48.5. The van der Waals surface area contributed by atoms with Crippen molar-refractivity contribution in [1.82, 2.24) is 0 Å². The maximum Gasteiger partial charge on any atom is 0.330 e. The Morgan fingerprint density at radius 1 is 0.304 bits per heavy atom. The van der Waals surface area contributed by atoms with Crippen LogP contribution in [0, 0.1) is 17.8 Å². The summed E-state index contributed by atoms with van der Waals surface area (Å²) in [5, 5.41) is 0. The van der Waals surface area contributed by atoms with E-state index in [1.165, 1.54) is 254 Å². The van der Waals surface area contributed by atoms with Crippen LogP contribution in [0.3, 0.4) is 0 Å². The van der Waals surface area contributed by atoms with Crippen LogP contribution in [0.25, 0.3) is 18.2 Å². The number of carbonyl (C=O) groups excluding carboxylic acids is 3. The summed E-state index contributed by atoms with van der Waals surface area (Å²) in [5.41, 5.74) is 7.50. The molecule has 3 saturated carbocycles. The number of ether oxygens (including phenoxy) is 6. The molecular formula is C93H146O9. The van der Waals surface area contributed by atoms with Gasteiger partial charge in [0.1, 0.15) is 6.10 Å². The van der Waals surface area contributed by atoms with E-state index in [9.17, 15) is 14.4 Å². The van der Waals surface area contributed by atoms with E-state index in [1.54, 1.807) is 18.2 Å². The maximum absolute atomic E-state index is 12.5. The van der Waals surface area contributed by atoms with Crippen LogP contribution in [-0.2, 0) is 42.8 Å². The van der Waals surface area contributed by atoms with Crippen molar-refractivity contribution in [3.63, 3.8) is 0 Å². The molecule has 0 amide bonds. The molecule has 3 fully saturated rings. The summed E-state index contributed by atoms with van der Waals surface area (Å²) < 4.78 is 35.4. The van der Waals surface area contributed by atoms with Crippen molar-refractivity contribution in [2.75, 3.05) is 52.9 Å². The number of rotatable bonds is 59. The average molecular weight is 1410 g/mol. The van der Waals surface area contributed by atoms with E-state index >= 15 is 0 Å². The van der Waals surface area contributed by atoms with E-state index in [0.29, 0.717) is 50.8 Å². The number of hydrogen-bond donors (Lipinski definition) is 0. The second kappa shape index (κ2) is 57.4. The number of benzene rings is 3. The third-order valence-electron chi connectivity index (χ3n) is 22.7. The van der Waals surface area contributed by atoms with Crippen LogP contribution in [0.2, 0.25) is 0 Å². The van der Waals surface area contributed by atoms with Crippen molar-refractivity contribution >= 4 is 36.1 Å². The molecule has 9 heteroatoms. The Hall–Kier alpha value is -4.83. The van der Waals surface area contributed by atoms with Gasteiger partial charge in [-0.2, -0.15) is 0 Å². The van der Waals surface area contributed by atoms with Crippen molar-refractivity contribution in [3.8, 4) is 0 Å². The topological polar surface area (TPSA) is 107 Å². The lowest BCUT2D eigenvalue weighted by atomic mass is 9.77. The van der Waals surface area contributed by atoms with Gasteiger partial charge in [0.2, 0.25) is 0 Å². The van der Waals surface area contributed by atoms with Crippen LogP contribution in [-0.4, -0.2) is 76.9 Å². The molecule has 572 valence electrons. The fraction of sp³-hybridized carbons (Fsp3) is 0.710. The van der Waals surface area contributed by atoms with Gasteiger partial charge in [-0.15, -0.1) is 0 Å². The zero-order valence-corrected chi connectivity index (χ0v) is 65.2. The number of hydrogen-bond acceptors (Lipinski definition) is 9. The van der Waals surface area contributed by atoms with E-state index in [1.807, 2.05) is 18.2 Å². The molecule has 0 atom stereocenters. The minimum absolute atomic E-state index is 0.0562. The zero-order chi connectivity index (χ0) is 71.8. The molecule has 0 N–H and O–H groups in total. The van der Waals surface area contributed by atoms with Crippen LogP contribution in [0.15, 0.2) is 91.0 Å².